The van der Waals surface area contributed by atoms with Gasteiger partial charge in [0.1, 0.15) is 23.3 Å². The third-order valence-electron chi connectivity index (χ3n) is 9.60. The maximum atomic E-state index is 12.5. The number of nitrogens with zero attached hydrogens (tertiary/aromatic N) is 6. The third-order valence-corrected chi connectivity index (χ3v) is 9.60. The Kier molecular flexibility index (Phi) is 7.05. The molecule has 4 aliphatic rings. The van der Waals surface area contributed by atoms with E-state index < -0.39 is 11.5 Å². The number of cyclic esters (lactones) is 1. The lowest BCUT2D eigenvalue weighted by Gasteiger charge is -2.46. The van der Waals surface area contributed by atoms with Crippen molar-refractivity contribution < 1.29 is 19.2 Å². The van der Waals surface area contributed by atoms with Gasteiger partial charge < -0.3 is 29.9 Å². The molecule has 1 aromatic carbocycles. The number of carbonyl (C=O) groups is 1. The van der Waals surface area contributed by atoms with E-state index in [0.717, 1.165) is 50.3 Å². The van der Waals surface area contributed by atoms with Crippen molar-refractivity contribution in [2.75, 3.05) is 36.9 Å². The number of aliphatic hydroxyl groups is 1. The van der Waals surface area contributed by atoms with Gasteiger partial charge in [-0.05, 0) is 63.5 Å². The zero-order valence-electron chi connectivity index (χ0n) is 25.1. The zero-order valence-corrected chi connectivity index (χ0v) is 25.1. The Hall–Kier alpha value is -4.42. The molecule has 44 heavy (non-hydrogen) atoms. The van der Waals surface area contributed by atoms with Gasteiger partial charge in [-0.15, -0.1) is 0 Å². The molecule has 0 amide bonds. The lowest BCUT2D eigenvalue weighted by molar-refractivity contribution is 0.00864. The van der Waals surface area contributed by atoms with Crippen molar-refractivity contribution in [1.82, 2.24) is 30.0 Å². The molecule has 3 fully saturated rings. The second-order valence-electron chi connectivity index (χ2n) is 12.5. The number of ether oxygens (including phenoxy) is 1. The van der Waals surface area contributed by atoms with Crippen LogP contribution in [0, 0.1) is 0 Å². The molecular formula is C32H36N8O4. The summed E-state index contributed by atoms with van der Waals surface area (Å²) in [6.07, 6.45) is 4.34. The van der Waals surface area contributed by atoms with Gasteiger partial charge in [0.25, 0.3) is 5.89 Å². The second kappa shape index (κ2) is 10.9. The van der Waals surface area contributed by atoms with Gasteiger partial charge in [0.2, 0.25) is 5.95 Å². The van der Waals surface area contributed by atoms with Crippen molar-refractivity contribution in [3.05, 3.63) is 71.3 Å². The number of rotatable bonds is 8. The molecule has 1 unspecified atom stereocenters. The number of esters is 1. The summed E-state index contributed by atoms with van der Waals surface area (Å²) in [5.74, 6) is 1.86. The van der Waals surface area contributed by atoms with Crippen LogP contribution in [0.25, 0.3) is 11.5 Å². The van der Waals surface area contributed by atoms with Crippen molar-refractivity contribution in [3.8, 4) is 11.5 Å². The molecule has 2 bridgehead atoms. The average Bonchev–Trinajstić information content (AvgIpc) is 3.55. The summed E-state index contributed by atoms with van der Waals surface area (Å²) in [6, 6.07) is 12.6. The Morgan fingerprint density at radius 1 is 1.02 bits per heavy atom. The Bertz CT molecular complexity index is 1670. The van der Waals surface area contributed by atoms with Crippen molar-refractivity contribution in [2.24, 2.45) is 0 Å². The van der Waals surface area contributed by atoms with Crippen LogP contribution in [0.3, 0.4) is 0 Å². The number of pyridine rings is 1. The number of fused-ring (bicyclic) bond motifs is 4. The fourth-order valence-electron chi connectivity index (χ4n) is 6.37. The van der Waals surface area contributed by atoms with Crippen LogP contribution in [0.15, 0.2) is 53.2 Å². The minimum absolute atomic E-state index is 0.0695. The van der Waals surface area contributed by atoms with E-state index in [1.807, 2.05) is 51.1 Å². The first kappa shape index (κ1) is 28.4. The lowest BCUT2D eigenvalue weighted by Crippen LogP contribution is -2.51. The van der Waals surface area contributed by atoms with Crippen molar-refractivity contribution in [2.45, 2.75) is 63.0 Å². The Morgan fingerprint density at radius 2 is 1.77 bits per heavy atom. The summed E-state index contributed by atoms with van der Waals surface area (Å²) >= 11 is 0. The molecule has 4 aromatic rings. The molecule has 7 heterocycles. The molecule has 2 atom stereocenters. The standard InChI is InChI=1S/C32H36N8O4/c1-19-31(2,3)25-21(28(42)43-19)9-10-24(35-25)36-30-33-17-22(26(37-30)34-23(18-41)20-7-5-4-6-8-20)27-38-29(39-44-27)32-11-14-40(15-12-32)16-13-32/h4-10,17,19,23,41H,11-16,18H2,1-3H3,(H2,33,34,35,36,37)/t19?,23-/m1/s1. The number of hydrogen-bond acceptors (Lipinski definition) is 12. The molecule has 12 nitrogen and oxygen atoms in total. The van der Waals surface area contributed by atoms with E-state index in [1.54, 1.807) is 18.3 Å². The largest absolute Gasteiger partial charge is 0.458 e. The fourth-order valence-corrected chi connectivity index (χ4v) is 6.37. The van der Waals surface area contributed by atoms with Gasteiger partial charge in [-0.1, -0.05) is 49.3 Å². The summed E-state index contributed by atoms with van der Waals surface area (Å²) in [4.78, 5) is 34.0. The second-order valence-corrected chi connectivity index (χ2v) is 12.5. The van der Waals surface area contributed by atoms with Crippen LogP contribution in [0.5, 0.6) is 0 Å². The monoisotopic (exact) mass is 596 g/mol. The summed E-state index contributed by atoms with van der Waals surface area (Å²) in [6.45, 7) is 8.84. The summed E-state index contributed by atoms with van der Waals surface area (Å²) in [5, 5.41) is 21.3. The van der Waals surface area contributed by atoms with Crippen molar-refractivity contribution in [3.63, 3.8) is 0 Å². The van der Waals surface area contributed by atoms with E-state index in [-0.39, 0.29) is 30.0 Å². The number of piperidine rings is 3. The molecule has 0 radical (unpaired) electrons. The highest BCUT2D eigenvalue weighted by Crippen LogP contribution is 2.42. The van der Waals surface area contributed by atoms with E-state index in [0.29, 0.717) is 34.3 Å². The SMILES string of the molecule is CC1OC(=O)c2ccc(Nc3ncc(-c4nc(C56CCN(CC5)CC6)no4)c(N[C@H](CO)c4ccccc4)n3)nc2C1(C)C. The summed E-state index contributed by atoms with van der Waals surface area (Å²) in [7, 11) is 0. The number of anilines is 3. The molecule has 3 saturated heterocycles. The van der Waals surface area contributed by atoms with Gasteiger partial charge in [-0.25, -0.2) is 14.8 Å². The average molecular weight is 597 g/mol. The van der Waals surface area contributed by atoms with Crippen LogP contribution in [0.4, 0.5) is 17.6 Å². The van der Waals surface area contributed by atoms with E-state index >= 15 is 0 Å². The van der Waals surface area contributed by atoms with Gasteiger partial charge in [0, 0.05) is 17.0 Å². The van der Waals surface area contributed by atoms with Crippen molar-refractivity contribution >= 4 is 23.6 Å². The highest BCUT2D eigenvalue weighted by atomic mass is 16.5. The lowest BCUT2D eigenvalue weighted by atomic mass is 9.71. The zero-order chi connectivity index (χ0) is 30.5. The maximum Gasteiger partial charge on any atom is 0.340 e. The molecule has 3 aromatic heterocycles. The number of aromatic nitrogens is 5. The Balaban J connectivity index is 1.24. The van der Waals surface area contributed by atoms with Crippen LogP contribution in [0.1, 0.15) is 73.5 Å². The normalized spacial score (nSPS) is 24.3. The van der Waals surface area contributed by atoms with Crippen LogP contribution < -0.4 is 10.6 Å². The number of aliphatic hydroxyl groups excluding tert-OH is 1. The summed E-state index contributed by atoms with van der Waals surface area (Å²) in [5.41, 5.74) is 1.97. The smallest absolute Gasteiger partial charge is 0.340 e. The predicted octanol–water partition coefficient (Wildman–Crippen LogP) is 4.38. The first-order valence-corrected chi connectivity index (χ1v) is 15.1. The molecule has 0 spiro atoms. The Morgan fingerprint density at radius 3 is 2.50 bits per heavy atom. The quantitative estimate of drug-likeness (QED) is 0.248. The topological polar surface area (TPSA) is 151 Å². The molecular weight excluding hydrogens is 560 g/mol. The highest BCUT2D eigenvalue weighted by molar-refractivity contribution is 5.92. The van der Waals surface area contributed by atoms with E-state index in [4.69, 9.17) is 24.2 Å². The molecule has 8 rings (SSSR count). The van der Waals surface area contributed by atoms with Gasteiger partial charge in [0.05, 0.1) is 23.9 Å². The van der Waals surface area contributed by atoms with Gasteiger partial charge in [-0.3, -0.25) is 0 Å². The molecule has 0 saturated carbocycles. The molecule has 228 valence electrons. The fraction of sp³-hybridized carbons (Fsp3) is 0.438. The number of benzene rings is 1. The van der Waals surface area contributed by atoms with Crippen molar-refractivity contribution in [1.29, 1.82) is 0 Å². The molecule has 4 aliphatic heterocycles. The van der Waals surface area contributed by atoms with Gasteiger partial charge >= 0.3 is 5.97 Å². The molecule has 0 aliphatic carbocycles. The van der Waals surface area contributed by atoms with Crippen LogP contribution in [-0.4, -0.2) is 73.4 Å². The van der Waals surface area contributed by atoms with Gasteiger partial charge in [-0.2, -0.15) is 9.97 Å². The van der Waals surface area contributed by atoms with E-state index in [2.05, 4.69) is 25.7 Å². The predicted molar refractivity (Wildman–Crippen MR) is 163 cm³/mol. The van der Waals surface area contributed by atoms with E-state index in [9.17, 15) is 9.90 Å². The summed E-state index contributed by atoms with van der Waals surface area (Å²) < 4.78 is 11.4. The van der Waals surface area contributed by atoms with Crippen LogP contribution in [0.2, 0.25) is 0 Å². The number of carbonyl (C=O) groups excluding carboxylic acids is 1. The highest BCUT2D eigenvalue weighted by Gasteiger charge is 2.44. The minimum Gasteiger partial charge on any atom is -0.458 e. The third kappa shape index (κ3) is 4.97. The first-order valence-electron chi connectivity index (χ1n) is 15.1. The molecule has 12 heteroatoms. The number of hydrogen-bond donors (Lipinski definition) is 3. The van der Waals surface area contributed by atoms with Crippen LogP contribution in [-0.2, 0) is 15.6 Å². The molecule has 3 N–H and O–H groups in total. The minimum atomic E-state index is -0.480. The number of nitrogens with one attached hydrogen (secondary N) is 2. The Labute approximate surface area is 255 Å². The van der Waals surface area contributed by atoms with Crippen LogP contribution >= 0.6 is 0 Å². The van der Waals surface area contributed by atoms with E-state index in [1.165, 1.54) is 0 Å². The maximum absolute atomic E-state index is 12.5. The van der Waals surface area contributed by atoms with Gasteiger partial charge in [0.15, 0.2) is 5.82 Å². The first-order chi connectivity index (χ1) is 21.3.